The van der Waals surface area contributed by atoms with Crippen molar-refractivity contribution in [3.63, 3.8) is 0 Å². The lowest BCUT2D eigenvalue weighted by Gasteiger charge is -2.48. The summed E-state index contributed by atoms with van der Waals surface area (Å²) >= 11 is 5.80. The molecule has 3 rings (SSSR count). The Labute approximate surface area is 119 Å². The van der Waals surface area contributed by atoms with Crippen LogP contribution in [0.15, 0.2) is 6.20 Å². The molecule has 1 aromatic heterocycles. The monoisotopic (exact) mass is 302 g/mol. The number of aromatic nitrogens is 2. The van der Waals surface area contributed by atoms with Crippen LogP contribution >= 0.6 is 11.6 Å². The van der Waals surface area contributed by atoms with Crippen LogP contribution in [0.2, 0.25) is 5.28 Å². The largest absolute Gasteiger partial charge is 0.340 e. The Morgan fingerprint density at radius 3 is 2.70 bits per heavy atom. The molecule has 8 heteroatoms. The van der Waals surface area contributed by atoms with E-state index in [1.165, 1.54) is 11.1 Å². The Kier molecular flexibility index (Phi) is 2.86. The van der Waals surface area contributed by atoms with Crippen LogP contribution in [0, 0.1) is 0 Å². The standard InChI is InChI=1S/C12H13ClF2N4O/c1-6-10(20)18(2)8-5-16-11(13)17-9(8)19(6)7-3-12(14,15)4-7/h5-7H,3-4H2,1-2H3. The maximum atomic E-state index is 13.1. The number of rotatable bonds is 1. The van der Waals surface area contributed by atoms with Crippen LogP contribution in [0.1, 0.15) is 19.8 Å². The fourth-order valence-corrected chi connectivity index (χ4v) is 2.92. The van der Waals surface area contributed by atoms with E-state index in [-0.39, 0.29) is 24.0 Å². The minimum Gasteiger partial charge on any atom is -0.340 e. The summed E-state index contributed by atoms with van der Waals surface area (Å²) < 4.78 is 26.2. The number of likely N-dealkylation sites (N-methyl/N-ethyl adjacent to an activating group) is 1. The highest BCUT2D eigenvalue weighted by Crippen LogP contribution is 2.45. The Morgan fingerprint density at radius 1 is 1.45 bits per heavy atom. The molecule has 0 spiro atoms. The smallest absolute Gasteiger partial charge is 0.252 e. The van der Waals surface area contributed by atoms with Crippen LogP contribution in [0.5, 0.6) is 0 Å². The van der Waals surface area contributed by atoms with E-state index in [9.17, 15) is 13.6 Å². The van der Waals surface area contributed by atoms with Gasteiger partial charge in [0, 0.05) is 25.9 Å². The Bertz CT molecular complexity index is 575. The molecule has 108 valence electrons. The Balaban J connectivity index is 2.03. The lowest BCUT2D eigenvalue weighted by molar-refractivity contribution is -0.121. The van der Waals surface area contributed by atoms with Crippen LogP contribution in [-0.4, -0.2) is 40.9 Å². The molecule has 1 amide bonds. The molecule has 0 aromatic carbocycles. The predicted octanol–water partition coefficient (Wildman–Crippen LogP) is 2.10. The van der Waals surface area contributed by atoms with Gasteiger partial charge in [0.1, 0.15) is 11.7 Å². The number of anilines is 2. The Morgan fingerprint density at radius 2 is 2.10 bits per heavy atom. The summed E-state index contributed by atoms with van der Waals surface area (Å²) in [6.45, 7) is 1.69. The first-order valence-electron chi connectivity index (χ1n) is 6.26. The number of nitrogens with zero attached hydrogens (tertiary/aromatic N) is 4. The molecule has 1 atom stereocenters. The van der Waals surface area contributed by atoms with Crippen molar-refractivity contribution in [3.8, 4) is 0 Å². The summed E-state index contributed by atoms with van der Waals surface area (Å²) in [5.41, 5.74) is 0.493. The summed E-state index contributed by atoms with van der Waals surface area (Å²) in [6.07, 6.45) is 0.906. The fourth-order valence-electron chi connectivity index (χ4n) is 2.79. The zero-order valence-corrected chi connectivity index (χ0v) is 11.7. The lowest BCUT2D eigenvalue weighted by Crippen LogP contribution is -2.60. The van der Waals surface area contributed by atoms with Crippen LogP contribution in [-0.2, 0) is 4.79 Å². The SMILES string of the molecule is CC1C(=O)N(C)c2cnc(Cl)nc2N1C1CC(F)(F)C1. The van der Waals surface area contributed by atoms with Gasteiger partial charge in [-0.2, -0.15) is 4.98 Å². The topological polar surface area (TPSA) is 49.3 Å². The molecule has 1 aromatic rings. The van der Waals surface area contributed by atoms with Gasteiger partial charge in [0.25, 0.3) is 5.92 Å². The first kappa shape index (κ1) is 13.5. The quantitative estimate of drug-likeness (QED) is 0.746. The van der Waals surface area contributed by atoms with E-state index in [1.807, 2.05) is 0 Å². The minimum absolute atomic E-state index is 0.0368. The summed E-state index contributed by atoms with van der Waals surface area (Å²) in [7, 11) is 1.61. The lowest BCUT2D eigenvalue weighted by atomic mass is 9.85. The summed E-state index contributed by atoms with van der Waals surface area (Å²) in [4.78, 5) is 23.2. The normalized spacial score (nSPS) is 25.4. The first-order chi connectivity index (χ1) is 9.30. The molecule has 0 saturated heterocycles. The van der Waals surface area contributed by atoms with Crippen molar-refractivity contribution in [2.24, 2.45) is 0 Å². The fraction of sp³-hybridized carbons (Fsp3) is 0.583. The second-order valence-corrected chi connectivity index (χ2v) is 5.58. The number of carbonyl (C=O) groups excluding carboxylic acids is 1. The van der Waals surface area contributed by atoms with Gasteiger partial charge in [-0.1, -0.05) is 0 Å². The molecule has 1 aliphatic heterocycles. The van der Waals surface area contributed by atoms with Crippen molar-refractivity contribution in [3.05, 3.63) is 11.5 Å². The predicted molar refractivity (Wildman–Crippen MR) is 70.4 cm³/mol. The van der Waals surface area contributed by atoms with Gasteiger partial charge >= 0.3 is 0 Å². The molecule has 0 N–H and O–H groups in total. The van der Waals surface area contributed by atoms with Gasteiger partial charge in [-0.15, -0.1) is 0 Å². The van der Waals surface area contributed by atoms with E-state index in [2.05, 4.69) is 9.97 Å². The van der Waals surface area contributed by atoms with E-state index in [0.717, 1.165) is 0 Å². The van der Waals surface area contributed by atoms with E-state index in [4.69, 9.17) is 11.6 Å². The molecule has 1 fully saturated rings. The minimum atomic E-state index is -2.66. The van der Waals surface area contributed by atoms with Crippen molar-refractivity contribution in [2.75, 3.05) is 16.8 Å². The highest BCUT2D eigenvalue weighted by atomic mass is 35.5. The average Bonchev–Trinajstić information content (AvgIpc) is 2.34. The molecule has 0 bridgehead atoms. The zero-order valence-electron chi connectivity index (χ0n) is 11.0. The van der Waals surface area contributed by atoms with E-state index < -0.39 is 18.0 Å². The summed E-state index contributed by atoms with van der Waals surface area (Å²) in [6, 6.07) is -0.943. The number of fused-ring (bicyclic) bond motifs is 1. The highest BCUT2D eigenvalue weighted by Gasteiger charge is 2.52. The second kappa shape index (κ2) is 4.25. The molecule has 2 heterocycles. The number of amides is 1. The van der Waals surface area contributed by atoms with Crippen LogP contribution < -0.4 is 9.80 Å². The van der Waals surface area contributed by atoms with Gasteiger partial charge in [0.15, 0.2) is 5.82 Å². The van der Waals surface area contributed by atoms with Gasteiger partial charge in [0.2, 0.25) is 11.2 Å². The number of hydrogen-bond donors (Lipinski definition) is 0. The van der Waals surface area contributed by atoms with Crippen molar-refractivity contribution < 1.29 is 13.6 Å². The number of alkyl halides is 2. The highest BCUT2D eigenvalue weighted by molar-refractivity contribution is 6.28. The molecule has 2 aliphatic rings. The molecule has 1 unspecified atom stereocenters. The molecular formula is C12H13ClF2N4O. The third-order valence-corrected chi connectivity index (χ3v) is 4.08. The Hall–Kier alpha value is -1.50. The van der Waals surface area contributed by atoms with Gasteiger partial charge in [-0.25, -0.2) is 13.8 Å². The van der Waals surface area contributed by atoms with Crippen LogP contribution in [0.3, 0.4) is 0 Å². The van der Waals surface area contributed by atoms with Crippen LogP contribution in [0.4, 0.5) is 20.3 Å². The molecule has 5 nitrogen and oxygen atoms in total. The maximum absolute atomic E-state index is 13.1. The zero-order chi connectivity index (χ0) is 14.7. The van der Waals surface area contributed by atoms with Gasteiger partial charge in [-0.05, 0) is 18.5 Å². The van der Waals surface area contributed by atoms with Crippen molar-refractivity contribution in [2.45, 2.75) is 37.8 Å². The third kappa shape index (κ3) is 1.91. The molecule has 0 radical (unpaired) electrons. The van der Waals surface area contributed by atoms with Crippen molar-refractivity contribution in [1.82, 2.24) is 9.97 Å². The first-order valence-corrected chi connectivity index (χ1v) is 6.64. The number of halogens is 3. The number of hydrogen-bond acceptors (Lipinski definition) is 4. The molecule has 1 saturated carbocycles. The van der Waals surface area contributed by atoms with Crippen LogP contribution in [0.25, 0.3) is 0 Å². The maximum Gasteiger partial charge on any atom is 0.252 e. The third-order valence-electron chi connectivity index (χ3n) is 3.89. The summed E-state index contributed by atoms with van der Waals surface area (Å²) in [5.74, 6) is -2.38. The van der Waals surface area contributed by atoms with Crippen molar-refractivity contribution in [1.29, 1.82) is 0 Å². The van der Waals surface area contributed by atoms with E-state index in [1.54, 1.807) is 18.9 Å². The second-order valence-electron chi connectivity index (χ2n) is 5.25. The average molecular weight is 303 g/mol. The van der Waals surface area contributed by atoms with Gasteiger partial charge in [-0.3, -0.25) is 4.79 Å². The molecule has 1 aliphatic carbocycles. The molecular weight excluding hydrogens is 290 g/mol. The van der Waals surface area contributed by atoms with Crippen molar-refractivity contribution >= 4 is 29.0 Å². The van der Waals surface area contributed by atoms with E-state index in [0.29, 0.717) is 11.5 Å². The summed E-state index contributed by atoms with van der Waals surface area (Å²) in [5, 5.41) is 0.0368. The van der Waals surface area contributed by atoms with Gasteiger partial charge < -0.3 is 9.80 Å². The molecule has 20 heavy (non-hydrogen) atoms. The number of carbonyl (C=O) groups is 1. The van der Waals surface area contributed by atoms with E-state index >= 15 is 0 Å². The van der Waals surface area contributed by atoms with Gasteiger partial charge in [0.05, 0.1) is 6.20 Å².